The second kappa shape index (κ2) is 5.83. The van der Waals surface area contributed by atoms with Gasteiger partial charge in [0.2, 0.25) is 0 Å². The summed E-state index contributed by atoms with van der Waals surface area (Å²) in [6.07, 6.45) is 2.80. The summed E-state index contributed by atoms with van der Waals surface area (Å²) in [5.41, 5.74) is 1.46. The highest BCUT2D eigenvalue weighted by Crippen LogP contribution is 2.29. The second-order valence-electron chi connectivity index (χ2n) is 4.58. The van der Waals surface area contributed by atoms with Gasteiger partial charge < -0.3 is 4.90 Å². The third-order valence-corrected chi connectivity index (χ3v) is 4.16. The number of likely N-dealkylation sites (N-methyl/N-ethyl adjacent to an activating group) is 1. The maximum Gasteiger partial charge on any atom is 0.0112 e. The Morgan fingerprint density at radius 2 is 2.00 bits per heavy atom. The van der Waals surface area contributed by atoms with Gasteiger partial charge in [0, 0.05) is 23.8 Å². The Labute approximate surface area is 107 Å². The highest BCUT2D eigenvalue weighted by atomic mass is 79.9. The van der Waals surface area contributed by atoms with Crippen LogP contribution in [0, 0.1) is 0 Å². The number of rotatable bonds is 6. The molecule has 0 N–H and O–H groups in total. The smallest absolute Gasteiger partial charge is 0.0112 e. The van der Waals surface area contributed by atoms with Gasteiger partial charge in [0.1, 0.15) is 0 Å². The molecule has 1 aromatic carbocycles. The van der Waals surface area contributed by atoms with Crippen molar-refractivity contribution in [3.05, 3.63) is 35.9 Å². The lowest BCUT2D eigenvalue weighted by Gasteiger charge is -2.25. The van der Waals surface area contributed by atoms with E-state index < -0.39 is 0 Å². The molecule has 2 rings (SSSR count). The summed E-state index contributed by atoms with van der Waals surface area (Å²) in [6.45, 7) is 4.64. The summed E-state index contributed by atoms with van der Waals surface area (Å²) in [6, 6.07) is 11.7. The van der Waals surface area contributed by atoms with E-state index in [-0.39, 0.29) is 0 Å². The largest absolute Gasteiger partial charge is 0.300 e. The van der Waals surface area contributed by atoms with Crippen LogP contribution in [0.15, 0.2) is 30.3 Å². The highest BCUT2D eigenvalue weighted by molar-refractivity contribution is 9.09. The highest BCUT2D eigenvalue weighted by Gasteiger charge is 2.29. The molecule has 1 unspecified atom stereocenters. The Kier molecular flexibility index (Phi) is 4.42. The van der Waals surface area contributed by atoms with Gasteiger partial charge in [0.05, 0.1) is 0 Å². The van der Waals surface area contributed by atoms with Crippen molar-refractivity contribution in [2.24, 2.45) is 0 Å². The average molecular weight is 282 g/mol. The molecule has 1 aliphatic carbocycles. The molecule has 1 fully saturated rings. The first kappa shape index (κ1) is 12.1. The fourth-order valence-electron chi connectivity index (χ4n) is 2.23. The molecule has 0 aliphatic heterocycles. The number of halogens is 1. The van der Waals surface area contributed by atoms with Crippen LogP contribution >= 0.6 is 15.9 Å². The molecule has 0 saturated heterocycles. The minimum atomic E-state index is 0.627. The zero-order valence-corrected chi connectivity index (χ0v) is 11.5. The van der Waals surface area contributed by atoms with Gasteiger partial charge in [-0.3, -0.25) is 0 Å². The summed E-state index contributed by atoms with van der Waals surface area (Å²) in [5, 5.41) is 1.06. The van der Waals surface area contributed by atoms with Crippen molar-refractivity contribution >= 4 is 15.9 Å². The van der Waals surface area contributed by atoms with Crippen molar-refractivity contribution in [3.63, 3.8) is 0 Å². The van der Waals surface area contributed by atoms with Crippen LogP contribution in [-0.4, -0.2) is 29.4 Å². The molecular formula is C14H20BrN. The van der Waals surface area contributed by atoms with E-state index in [1.807, 2.05) is 0 Å². The predicted molar refractivity (Wildman–Crippen MR) is 73.2 cm³/mol. The van der Waals surface area contributed by atoms with Gasteiger partial charge in [-0.15, -0.1) is 0 Å². The molecule has 1 aromatic rings. The zero-order chi connectivity index (χ0) is 11.4. The fraction of sp³-hybridized carbons (Fsp3) is 0.571. The third-order valence-electron chi connectivity index (χ3n) is 3.38. The van der Waals surface area contributed by atoms with Gasteiger partial charge in [-0.25, -0.2) is 0 Å². The van der Waals surface area contributed by atoms with E-state index in [0.717, 1.165) is 11.4 Å². The van der Waals surface area contributed by atoms with E-state index in [0.29, 0.717) is 5.92 Å². The lowest BCUT2D eigenvalue weighted by Crippen LogP contribution is -2.31. The monoisotopic (exact) mass is 281 g/mol. The summed E-state index contributed by atoms with van der Waals surface area (Å²) in [7, 11) is 0. The van der Waals surface area contributed by atoms with Crippen molar-refractivity contribution in [1.29, 1.82) is 0 Å². The van der Waals surface area contributed by atoms with Gasteiger partial charge >= 0.3 is 0 Å². The lowest BCUT2D eigenvalue weighted by molar-refractivity contribution is 0.265. The minimum absolute atomic E-state index is 0.627. The number of hydrogen-bond acceptors (Lipinski definition) is 1. The maximum absolute atomic E-state index is 3.65. The van der Waals surface area contributed by atoms with E-state index in [9.17, 15) is 0 Å². The van der Waals surface area contributed by atoms with E-state index >= 15 is 0 Å². The number of alkyl halides is 1. The predicted octanol–water partition coefficient (Wildman–Crippen LogP) is 3.65. The quantitative estimate of drug-likeness (QED) is 0.720. The SMILES string of the molecule is CCN(CC(CBr)c1ccccc1)C1CC1. The van der Waals surface area contributed by atoms with Gasteiger partial charge in [0.25, 0.3) is 0 Å². The Morgan fingerprint density at radius 1 is 1.31 bits per heavy atom. The topological polar surface area (TPSA) is 3.24 Å². The van der Waals surface area contributed by atoms with Crippen LogP contribution in [-0.2, 0) is 0 Å². The first-order valence-electron chi connectivity index (χ1n) is 6.20. The van der Waals surface area contributed by atoms with E-state index in [1.165, 1.54) is 31.5 Å². The van der Waals surface area contributed by atoms with Crippen molar-refractivity contribution < 1.29 is 0 Å². The van der Waals surface area contributed by atoms with Crippen molar-refractivity contribution in [3.8, 4) is 0 Å². The average Bonchev–Trinajstić information content (AvgIpc) is 3.16. The van der Waals surface area contributed by atoms with Crippen molar-refractivity contribution in [2.75, 3.05) is 18.4 Å². The van der Waals surface area contributed by atoms with E-state index in [4.69, 9.17) is 0 Å². The van der Waals surface area contributed by atoms with Gasteiger partial charge in [-0.05, 0) is 24.9 Å². The van der Waals surface area contributed by atoms with Crippen LogP contribution in [0.3, 0.4) is 0 Å². The normalized spacial score (nSPS) is 17.7. The van der Waals surface area contributed by atoms with Crippen LogP contribution in [0.1, 0.15) is 31.2 Å². The van der Waals surface area contributed by atoms with Gasteiger partial charge in [0.15, 0.2) is 0 Å². The van der Waals surface area contributed by atoms with Crippen molar-refractivity contribution in [2.45, 2.75) is 31.7 Å². The van der Waals surface area contributed by atoms with Gasteiger partial charge in [-0.2, -0.15) is 0 Å². The van der Waals surface area contributed by atoms with Crippen LogP contribution < -0.4 is 0 Å². The van der Waals surface area contributed by atoms with Gasteiger partial charge in [-0.1, -0.05) is 53.2 Å². The van der Waals surface area contributed by atoms with E-state index in [2.05, 4.69) is 58.1 Å². The molecule has 0 heterocycles. The van der Waals surface area contributed by atoms with Crippen LogP contribution in [0.4, 0.5) is 0 Å². The molecule has 16 heavy (non-hydrogen) atoms. The van der Waals surface area contributed by atoms with Crippen molar-refractivity contribution in [1.82, 2.24) is 4.90 Å². The minimum Gasteiger partial charge on any atom is -0.300 e. The zero-order valence-electron chi connectivity index (χ0n) is 9.90. The Morgan fingerprint density at radius 3 is 2.50 bits per heavy atom. The summed E-state index contributed by atoms with van der Waals surface area (Å²) >= 11 is 3.65. The maximum atomic E-state index is 3.65. The summed E-state index contributed by atoms with van der Waals surface area (Å²) in [4.78, 5) is 2.62. The Balaban J connectivity index is 1.99. The molecular weight excluding hydrogens is 262 g/mol. The Bertz CT molecular complexity index is 308. The molecule has 88 valence electrons. The molecule has 0 spiro atoms. The first-order valence-corrected chi connectivity index (χ1v) is 7.32. The first-order chi connectivity index (χ1) is 7.85. The fourth-order valence-corrected chi connectivity index (χ4v) is 2.81. The second-order valence-corrected chi connectivity index (χ2v) is 5.23. The summed E-state index contributed by atoms with van der Waals surface area (Å²) in [5.74, 6) is 0.627. The molecule has 1 saturated carbocycles. The van der Waals surface area contributed by atoms with Crippen LogP contribution in [0.25, 0.3) is 0 Å². The van der Waals surface area contributed by atoms with E-state index in [1.54, 1.807) is 0 Å². The molecule has 1 atom stereocenters. The standard InChI is InChI=1S/C14H20BrN/c1-2-16(14-8-9-14)11-13(10-15)12-6-4-3-5-7-12/h3-7,13-14H,2,8-11H2,1H3. The Hall–Kier alpha value is -0.340. The third kappa shape index (κ3) is 3.08. The molecule has 2 heteroatoms. The van der Waals surface area contributed by atoms with Crippen LogP contribution in [0.2, 0.25) is 0 Å². The molecule has 1 aliphatic rings. The molecule has 0 radical (unpaired) electrons. The molecule has 0 amide bonds. The molecule has 0 aromatic heterocycles. The number of nitrogens with zero attached hydrogens (tertiary/aromatic N) is 1. The molecule has 1 nitrogen and oxygen atoms in total. The lowest BCUT2D eigenvalue weighted by atomic mass is 10.0. The number of hydrogen-bond donors (Lipinski definition) is 0. The van der Waals surface area contributed by atoms with Crippen LogP contribution in [0.5, 0.6) is 0 Å². The number of benzene rings is 1. The molecule has 0 bridgehead atoms. The summed E-state index contributed by atoms with van der Waals surface area (Å²) < 4.78 is 0.